The van der Waals surface area contributed by atoms with E-state index in [-0.39, 0.29) is 5.78 Å². The average Bonchev–Trinajstić information content (AvgIpc) is 3.26. The number of likely N-dealkylation sites (tertiary alicyclic amines) is 1. The van der Waals surface area contributed by atoms with Gasteiger partial charge in [-0.25, -0.2) is 0 Å². The fraction of sp³-hybridized carbons (Fsp3) is 0.343. The number of nitrogens with zero attached hydrogens (tertiary/aromatic N) is 1. The quantitative estimate of drug-likeness (QED) is 0.147. The third kappa shape index (κ3) is 6.88. The number of ether oxygens (including phenoxy) is 2. The molecule has 0 atom stereocenters. The summed E-state index contributed by atoms with van der Waals surface area (Å²) in [5.41, 5.74) is 3.33. The van der Waals surface area contributed by atoms with Crippen LogP contribution < -0.4 is 9.47 Å². The van der Waals surface area contributed by atoms with Crippen LogP contribution in [-0.4, -0.2) is 43.5 Å². The third-order valence-electron chi connectivity index (χ3n) is 7.56. The number of unbranched alkanes of at least 4 members (excludes halogenated alkanes) is 1. The maximum absolute atomic E-state index is 13.7. The Morgan fingerprint density at radius 2 is 1.49 bits per heavy atom. The van der Waals surface area contributed by atoms with Crippen LogP contribution in [-0.2, 0) is 0 Å². The van der Waals surface area contributed by atoms with Crippen molar-refractivity contribution in [1.82, 2.24) is 4.90 Å². The molecule has 4 heteroatoms. The van der Waals surface area contributed by atoms with Gasteiger partial charge in [0, 0.05) is 23.2 Å². The monoisotopic (exact) mass is 521 g/mol. The van der Waals surface area contributed by atoms with Crippen LogP contribution in [0.3, 0.4) is 0 Å². The molecule has 1 aliphatic heterocycles. The van der Waals surface area contributed by atoms with Gasteiger partial charge in [-0.2, -0.15) is 0 Å². The van der Waals surface area contributed by atoms with Crippen LogP contribution in [0.1, 0.15) is 61.4 Å². The maximum Gasteiger partial charge on any atom is 0.193 e. The van der Waals surface area contributed by atoms with Crippen molar-refractivity contribution in [3.8, 4) is 22.6 Å². The minimum atomic E-state index is 0.0218. The first-order valence-corrected chi connectivity index (χ1v) is 14.5. The Balaban J connectivity index is 1.42. The van der Waals surface area contributed by atoms with Crippen LogP contribution in [0.5, 0.6) is 11.5 Å². The Morgan fingerprint density at radius 3 is 2.23 bits per heavy atom. The summed E-state index contributed by atoms with van der Waals surface area (Å²) in [6, 6.07) is 27.9. The number of ketones is 1. The van der Waals surface area contributed by atoms with Crippen molar-refractivity contribution < 1.29 is 14.3 Å². The van der Waals surface area contributed by atoms with E-state index in [1.807, 2.05) is 60.7 Å². The second-order valence-electron chi connectivity index (χ2n) is 10.4. The molecule has 0 bridgehead atoms. The zero-order valence-corrected chi connectivity index (χ0v) is 23.0. The SMILES string of the molecule is CCCCOc1ccc2c(-c3ccc(OCCN4CCCCCC4)cc3)c(C(=O)c3ccccc3)ccc2c1. The van der Waals surface area contributed by atoms with Crippen molar-refractivity contribution in [3.63, 3.8) is 0 Å². The fourth-order valence-corrected chi connectivity index (χ4v) is 5.35. The predicted octanol–water partition coefficient (Wildman–Crippen LogP) is 8.17. The molecule has 0 aliphatic carbocycles. The first-order chi connectivity index (χ1) is 19.2. The second-order valence-corrected chi connectivity index (χ2v) is 10.4. The van der Waals surface area contributed by atoms with E-state index in [9.17, 15) is 4.79 Å². The van der Waals surface area contributed by atoms with Gasteiger partial charge in [-0.3, -0.25) is 9.69 Å². The van der Waals surface area contributed by atoms with Crippen molar-refractivity contribution in [2.24, 2.45) is 0 Å². The molecule has 4 aromatic rings. The second kappa shape index (κ2) is 13.4. The van der Waals surface area contributed by atoms with Crippen LogP contribution in [0.4, 0.5) is 0 Å². The van der Waals surface area contributed by atoms with Crippen molar-refractivity contribution in [2.75, 3.05) is 32.8 Å². The van der Waals surface area contributed by atoms with Gasteiger partial charge in [-0.15, -0.1) is 0 Å². The lowest BCUT2D eigenvalue weighted by atomic mass is 9.89. The summed E-state index contributed by atoms with van der Waals surface area (Å²) < 4.78 is 12.1. The lowest BCUT2D eigenvalue weighted by molar-refractivity contribution is 0.103. The highest BCUT2D eigenvalue weighted by Crippen LogP contribution is 2.36. The first kappa shape index (κ1) is 27.0. The molecule has 39 heavy (non-hydrogen) atoms. The third-order valence-corrected chi connectivity index (χ3v) is 7.56. The van der Waals surface area contributed by atoms with E-state index in [0.29, 0.717) is 24.3 Å². The van der Waals surface area contributed by atoms with Crippen LogP contribution in [0.2, 0.25) is 0 Å². The smallest absolute Gasteiger partial charge is 0.193 e. The molecule has 0 unspecified atom stereocenters. The number of benzene rings is 4. The topological polar surface area (TPSA) is 38.8 Å². The summed E-state index contributed by atoms with van der Waals surface area (Å²) in [6.07, 6.45) is 7.39. The standard InChI is InChI=1S/C35H39NO3/c1-2-3-24-38-31-18-20-32-29(26-31)15-19-33(35(37)28-11-7-6-8-12-28)34(32)27-13-16-30(17-14-27)39-25-23-36-21-9-4-5-10-22-36/h6-8,11-20,26H,2-5,9-10,21-25H2,1H3. The highest BCUT2D eigenvalue weighted by molar-refractivity contribution is 6.17. The number of carbonyl (C=O) groups excluding carboxylic acids is 1. The number of carbonyl (C=O) groups is 1. The molecule has 1 heterocycles. The average molecular weight is 522 g/mol. The van der Waals surface area contributed by atoms with Gasteiger partial charge in [0.1, 0.15) is 18.1 Å². The Kier molecular flexibility index (Phi) is 9.29. The Labute approximate surface area is 232 Å². The number of hydrogen-bond acceptors (Lipinski definition) is 4. The molecule has 0 radical (unpaired) electrons. The summed E-state index contributed by atoms with van der Waals surface area (Å²) in [6.45, 7) is 6.86. The highest BCUT2D eigenvalue weighted by Gasteiger charge is 2.18. The van der Waals surface area contributed by atoms with E-state index >= 15 is 0 Å². The number of fused-ring (bicyclic) bond motifs is 1. The maximum atomic E-state index is 13.7. The Morgan fingerprint density at radius 1 is 0.769 bits per heavy atom. The molecule has 1 saturated heterocycles. The molecule has 0 saturated carbocycles. The molecule has 0 spiro atoms. The zero-order chi connectivity index (χ0) is 26.9. The normalized spacial score (nSPS) is 14.2. The lowest BCUT2D eigenvalue weighted by Gasteiger charge is -2.19. The number of rotatable bonds is 11. The summed E-state index contributed by atoms with van der Waals surface area (Å²) >= 11 is 0. The molecule has 1 fully saturated rings. The van der Waals surface area contributed by atoms with Crippen LogP contribution in [0.15, 0.2) is 84.9 Å². The molecule has 1 aliphatic rings. The predicted molar refractivity (Wildman–Crippen MR) is 160 cm³/mol. The molecule has 5 rings (SSSR count). The zero-order valence-electron chi connectivity index (χ0n) is 23.0. The summed E-state index contributed by atoms with van der Waals surface area (Å²) in [5.74, 6) is 1.74. The van der Waals surface area contributed by atoms with Crippen molar-refractivity contribution in [3.05, 3.63) is 96.1 Å². The largest absolute Gasteiger partial charge is 0.494 e. The van der Waals surface area contributed by atoms with Gasteiger partial charge in [0.05, 0.1) is 6.61 Å². The van der Waals surface area contributed by atoms with Gasteiger partial charge in [-0.05, 0) is 79.0 Å². The Bertz CT molecular complexity index is 1360. The van der Waals surface area contributed by atoms with E-state index in [0.717, 1.165) is 52.8 Å². The molecule has 4 aromatic carbocycles. The highest BCUT2D eigenvalue weighted by atomic mass is 16.5. The molecule has 0 N–H and O–H groups in total. The minimum Gasteiger partial charge on any atom is -0.494 e. The summed E-state index contributed by atoms with van der Waals surface area (Å²) in [4.78, 5) is 16.2. The van der Waals surface area contributed by atoms with Crippen LogP contribution >= 0.6 is 0 Å². The fourth-order valence-electron chi connectivity index (χ4n) is 5.35. The van der Waals surface area contributed by atoms with Gasteiger partial charge >= 0.3 is 0 Å². The summed E-state index contributed by atoms with van der Waals surface area (Å²) in [5, 5.41) is 2.09. The van der Waals surface area contributed by atoms with Crippen molar-refractivity contribution >= 4 is 16.6 Å². The molecule has 0 amide bonds. The van der Waals surface area contributed by atoms with Gasteiger partial charge in [0.25, 0.3) is 0 Å². The molecular formula is C35H39NO3. The Hall–Kier alpha value is -3.63. The first-order valence-electron chi connectivity index (χ1n) is 14.5. The van der Waals surface area contributed by atoms with Crippen LogP contribution in [0, 0.1) is 0 Å². The van der Waals surface area contributed by atoms with E-state index in [4.69, 9.17) is 9.47 Å². The van der Waals surface area contributed by atoms with E-state index in [1.165, 1.54) is 38.8 Å². The van der Waals surface area contributed by atoms with Crippen molar-refractivity contribution in [2.45, 2.75) is 45.4 Å². The number of hydrogen-bond donors (Lipinski definition) is 0. The van der Waals surface area contributed by atoms with E-state index in [2.05, 4.69) is 36.1 Å². The minimum absolute atomic E-state index is 0.0218. The lowest BCUT2D eigenvalue weighted by Crippen LogP contribution is -2.29. The molecule has 0 aromatic heterocycles. The van der Waals surface area contributed by atoms with E-state index < -0.39 is 0 Å². The van der Waals surface area contributed by atoms with Crippen LogP contribution in [0.25, 0.3) is 21.9 Å². The van der Waals surface area contributed by atoms with Crippen molar-refractivity contribution in [1.29, 1.82) is 0 Å². The van der Waals surface area contributed by atoms with Gasteiger partial charge in [-0.1, -0.05) is 80.8 Å². The van der Waals surface area contributed by atoms with Gasteiger partial charge < -0.3 is 9.47 Å². The molecule has 202 valence electrons. The van der Waals surface area contributed by atoms with Gasteiger partial charge in [0.2, 0.25) is 0 Å². The summed E-state index contributed by atoms with van der Waals surface area (Å²) in [7, 11) is 0. The van der Waals surface area contributed by atoms with E-state index in [1.54, 1.807) is 0 Å². The molecule has 4 nitrogen and oxygen atoms in total. The molecular weight excluding hydrogens is 482 g/mol. The van der Waals surface area contributed by atoms with Gasteiger partial charge in [0.15, 0.2) is 5.78 Å².